The number of ether oxygens (including phenoxy) is 1. The number of rotatable bonds is 11. The number of carbonyl (C=O) groups is 3. The molecular formula is C27H37N3O5. The van der Waals surface area contributed by atoms with Gasteiger partial charge in [0.05, 0.1) is 17.9 Å². The molecule has 0 bridgehead atoms. The van der Waals surface area contributed by atoms with Crippen molar-refractivity contribution in [3.63, 3.8) is 0 Å². The van der Waals surface area contributed by atoms with Crippen molar-refractivity contribution in [3.8, 4) is 0 Å². The molecule has 2 N–H and O–H groups in total. The first-order valence-corrected chi connectivity index (χ1v) is 12.0. The molecule has 2 unspecified atom stereocenters. The van der Waals surface area contributed by atoms with Crippen LogP contribution in [0, 0.1) is 12.3 Å². The average molecular weight is 484 g/mol. The maximum absolute atomic E-state index is 13.5. The Morgan fingerprint density at radius 3 is 2.51 bits per heavy atom. The van der Waals surface area contributed by atoms with Gasteiger partial charge in [0.1, 0.15) is 24.5 Å². The lowest BCUT2D eigenvalue weighted by atomic mass is 9.79. The van der Waals surface area contributed by atoms with E-state index < -0.39 is 18.2 Å². The maximum Gasteiger partial charge on any atom is 0.255 e. The van der Waals surface area contributed by atoms with E-state index >= 15 is 0 Å². The fraction of sp³-hybridized carbons (Fsp3) is 0.519. The van der Waals surface area contributed by atoms with Gasteiger partial charge in [-0.05, 0) is 57.3 Å². The Balaban J connectivity index is 1.77. The van der Waals surface area contributed by atoms with Gasteiger partial charge in [-0.15, -0.1) is 0 Å². The highest BCUT2D eigenvalue weighted by Crippen LogP contribution is 2.28. The number of ketones is 1. The Morgan fingerprint density at radius 1 is 1.17 bits per heavy atom. The molecule has 1 saturated heterocycles. The van der Waals surface area contributed by atoms with Crippen molar-refractivity contribution in [2.24, 2.45) is 5.41 Å². The van der Waals surface area contributed by atoms with E-state index in [9.17, 15) is 14.4 Å². The normalized spacial score (nSPS) is 19.1. The number of hydrogen-bond acceptors (Lipinski definition) is 6. The molecule has 8 nitrogen and oxygen atoms in total. The summed E-state index contributed by atoms with van der Waals surface area (Å²) in [6, 6.07) is 10.1. The number of carbonyl (C=O) groups excluding carboxylic acids is 3. The van der Waals surface area contributed by atoms with E-state index in [1.54, 1.807) is 13.0 Å². The van der Waals surface area contributed by atoms with E-state index in [0.29, 0.717) is 24.2 Å². The Labute approximate surface area is 207 Å². The smallest absolute Gasteiger partial charge is 0.255 e. The topological polar surface area (TPSA) is 101 Å². The molecule has 190 valence electrons. The predicted octanol–water partition coefficient (Wildman–Crippen LogP) is 2.75. The van der Waals surface area contributed by atoms with Crippen LogP contribution in [0.3, 0.4) is 0 Å². The molecule has 1 fully saturated rings. The second kappa shape index (κ2) is 11.6. The minimum absolute atomic E-state index is 0.0201. The van der Waals surface area contributed by atoms with Gasteiger partial charge in [-0.1, -0.05) is 44.2 Å². The van der Waals surface area contributed by atoms with Crippen LogP contribution in [0.4, 0.5) is 0 Å². The summed E-state index contributed by atoms with van der Waals surface area (Å²) in [4.78, 5) is 41.0. The molecule has 2 amide bonds. The first kappa shape index (κ1) is 26.6. The third-order valence-electron chi connectivity index (χ3n) is 6.32. The predicted molar refractivity (Wildman–Crippen MR) is 133 cm³/mol. The molecule has 35 heavy (non-hydrogen) atoms. The summed E-state index contributed by atoms with van der Waals surface area (Å²) in [5, 5.41) is 5.77. The molecule has 0 aliphatic carbocycles. The molecule has 1 aromatic carbocycles. The SMILES string of the molecule is Cc1occc1C(=O)N[C@@H](CC(C)(C)Cc1ccccc1)C(=O)NC1C(=O)COC1CCN(C)C. The number of hydrogen-bond donors (Lipinski definition) is 2. The quantitative estimate of drug-likeness (QED) is 0.510. The van der Waals surface area contributed by atoms with Crippen LogP contribution < -0.4 is 10.6 Å². The molecule has 3 atom stereocenters. The number of aryl methyl sites for hydroxylation is 1. The third kappa shape index (κ3) is 7.50. The van der Waals surface area contributed by atoms with Crippen molar-refractivity contribution in [1.82, 2.24) is 15.5 Å². The van der Waals surface area contributed by atoms with E-state index in [0.717, 1.165) is 18.5 Å². The van der Waals surface area contributed by atoms with Gasteiger partial charge < -0.3 is 24.7 Å². The molecule has 0 saturated carbocycles. The van der Waals surface area contributed by atoms with Gasteiger partial charge in [0.25, 0.3) is 5.91 Å². The van der Waals surface area contributed by atoms with Crippen LogP contribution in [0.15, 0.2) is 47.1 Å². The second-order valence-electron chi connectivity index (χ2n) is 10.3. The minimum Gasteiger partial charge on any atom is -0.469 e. The Morgan fingerprint density at radius 2 is 1.89 bits per heavy atom. The maximum atomic E-state index is 13.5. The summed E-state index contributed by atoms with van der Waals surface area (Å²) in [6.45, 7) is 6.55. The van der Waals surface area contributed by atoms with Crippen LogP contribution in [-0.2, 0) is 20.7 Å². The molecule has 0 spiro atoms. The van der Waals surface area contributed by atoms with Gasteiger partial charge in [-0.25, -0.2) is 0 Å². The highest BCUT2D eigenvalue weighted by molar-refractivity contribution is 5.99. The first-order chi connectivity index (χ1) is 16.6. The summed E-state index contributed by atoms with van der Waals surface area (Å²) in [5.41, 5.74) is 1.23. The van der Waals surface area contributed by atoms with Crippen molar-refractivity contribution in [2.45, 2.75) is 58.2 Å². The summed E-state index contributed by atoms with van der Waals surface area (Å²) >= 11 is 0. The number of nitrogens with zero attached hydrogens (tertiary/aromatic N) is 1. The highest BCUT2D eigenvalue weighted by Gasteiger charge is 2.39. The fourth-order valence-electron chi connectivity index (χ4n) is 4.48. The average Bonchev–Trinajstić information content (AvgIpc) is 3.37. The molecule has 8 heteroatoms. The third-order valence-corrected chi connectivity index (χ3v) is 6.32. The van der Waals surface area contributed by atoms with E-state index in [-0.39, 0.29) is 29.6 Å². The largest absolute Gasteiger partial charge is 0.469 e. The van der Waals surface area contributed by atoms with Crippen LogP contribution in [0.1, 0.15) is 48.4 Å². The minimum atomic E-state index is -0.835. The van der Waals surface area contributed by atoms with Gasteiger partial charge >= 0.3 is 0 Å². The number of benzene rings is 1. The Hall–Kier alpha value is -2.97. The van der Waals surface area contributed by atoms with Gasteiger partial charge in [0.2, 0.25) is 5.91 Å². The van der Waals surface area contributed by atoms with E-state index in [1.807, 2.05) is 49.3 Å². The van der Waals surface area contributed by atoms with E-state index in [1.165, 1.54) is 6.26 Å². The summed E-state index contributed by atoms with van der Waals surface area (Å²) in [5.74, 6) is -0.445. The molecule has 1 aliphatic rings. The van der Waals surface area contributed by atoms with Crippen molar-refractivity contribution < 1.29 is 23.5 Å². The standard InChI is InChI=1S/C27H37N3O5/c1-18-20(12-14-34-18)25(32)28-21(16-27(2,3)15-19-9-7-6-8-10-19)26(33)29-24-22(31)17-35-23(24)11-13-30(4)5/h6-10,12,14,21,23-24H,11,13,15-17H2,1-5H3,(H,28,32)(H,29,33)/t21-,23?,24?/m0/s1. The molecule has 1 aliphatic heterocycles. The lowest BCUT2D eigenvalue weighted by Gasteiger charge is -2.31. The fourth-order valence-corrected chi connectivity index (χ4v) is 4.48. The summed E-state index contributed by atoms with van der Waals surface area (Å²) < 4.78 is 10.9. The lowest BCUT2D eigenvalue weighted by Crippen LogP contribution is -2.54. The number of Topliss-reactive ketones (excluding diaryl/α,β-unsaturated/α-hetero) is 1. The lowest BCUT2D eigenvalue weighted by molar-refractivity contribution is -0.128. The second-order valence-corrected chi connectivity index (χ2v) is 10.3. The van der Waals surface area contributed by atoms with Crippen molar-refractivity contribution >= 4 is 17.6 Å². The van der Waals surface area contributed by atoms with Crippen molar-refractivity contribution in [3.05, 3.63) is 59.5 Å². The van der Waals surface area contributed by atoms with Crippen LogP contribution in [-0.4, -0.2) is 67.9 Å². The monoisotopic (exact) mass is 483 g/mol. The first-order valence-electron chi connectivity index (χ1n) is 12.0. The zero-order valence-corrected chi connectivity index (χ0v) is 21.3. The molecular weight excluding hydrogens is 446 g/mol. The molecule has 0 radical (unpaired) electrons. The molecule has 1 aromatic heterocycles. The van der Waals surface area contributed by atoms with Crippen molar-refractivity contribution in [2.75, 3.05) is 27.2 Å². The van der Waals surface area contributed by atoms with Gasteiger partial charge in [-0.2, -0.15) is 0 Å². The summed E-state index contributed by atoms with van der Waals surface area (Å²) in [6.07, 6.45) is 2.80. The van der Waals surface area contributed by atoms with Crippen LogP contribution in [0.5, 0.6) is 0 Å². The van der Waals surface area contributed by atoms with E-state index in [2.05, 4.69) is 24.5 Å². The van der Waals surface area contributed by atoms with E-state index in [4.69, 9.17) is 9.15 Å². The molecule has 3 rings (SSSR count). The van der Waals surface area contributed by atoms with Crippen LogP contribution in [0.25, 0.3) is 0 Å². The number of amides is 2. The Bertz CT molecular complexity index is 1010. The zero-order valence-electron chi connectivity index (χ0n) is 21.3. The Kier molecular flexibility index (Phi) is 8.86. The summed E-state index contributed by atoms with van der Waals surface area (Å²) in [7, 11) is 3.89. The molecule has 2 heterocycles. The van der Waals surface area contributed by atoms with Gasteiger partial charge in [-0.3, -0.25) is 14.4 Å². The zero-order chi connectivity index (χ0) is 25.6. The van der Waals surface area contributed by atoms with Crippen LogP contribution in [0.2, 0.25) is 0 Å². The van der Waals surface area contributed by atoms with Gasteiger partial charge in [0, 0.05) is 6.54 Å². The number of nitrogens with one attached hydrogen (secondary N) is 2. The number of furan rings is 1. The molecule has 2 aromatic rings. The highest BCUT2D eigenvalue weighted by atomic mass is 16.5. The van der Waals surface area contributed by atoms with Crippen molar-refractivity contribution in [1.29, 1.82) is 0 Å². The van der Waals surface area contributed by atoms with Gasteiger partial charge in [0.15, 0.2) is 5.78 Å². The van der Waals surface area contributed by atoms with Crippen LogP contribution >= 0.6 is 0 Å².